The third kappa shape index (κ3) is 1.90. The molecule has 0 saturated heterocycles. The predicted octanol–water partition coefficient (Wildman–Crippen LogP) is 1.85. The van der Waals surface area contributed by atoms with Crippen LogP contribution in [0.5, 0.6) is 5.75 Å². The summed E-state index contributed by atoms with van der Waals surface area (Å²) < 4.78 is 5.14. The van der Waals surface area contributed by atoms with Crippen LogP contribution in [0.2, 0.25) is 5.02 Å². The van der Waals surface area contributed by atoms with Crippen LogP contribution in [0, 0.1) is 0 Å². The number of benzene rings is 1. The summed E-state index contributed by atoms with van der Waals surface area (Å²) in [4.78, 5) is 0. The van der Waals surface area contributed by atoms with Crippen molar-refractivity contribution in [3.63, 3.8) is 0 Å². The normalized spacial score (nSPS) is 9.92. The molecule has 1 aromatic rings. The lowest BCUT2D eigenvalue weighted by Crippen LogP contribution is -2.04. The van der Waals surface area contributed by atoms with Gasteiger partial charge in [-0.3, -0.25) is 0 Å². The molecule has 0 amide bonds. The molecule has 0 unspecified atom stereocenters. The molecule has 2 N–H and O–H groups in total. The first-order valence-corrected chi connectivity index (χ1v) is 4.19. The van der Waals surface area contributed by atoms with E-state index in [1.807, 2.05) is 12.1 Å². The maximum atomic E-state index is 5.90. The van der Waals surface area contributed by atoms with Crippen LogP contribution in [0.3, 0.4) is 0 Å². The molecule has 0 aliphatic carbocycles. The number of hydrogen-bond donors (Lipinski definition) is 1. The molecule has 1 rings (SSSR count). The molecule has 0 atom stereocenters. The van der Waals surface area contributed by atoms with E-state index < -0.39 is 0 Å². The summed E-state index contributed by atoms with van der Waals surface area (Å²) in [6.07, 6.45) is 0.795. The summed E-state index contributed by atoms with van der Waals surface area (Å²) in [6, 6.07) is 5.67. The Morgan fingerprint density at radius 1 is 1.50 bits per heavy atom. The Bertz CT molecular complexity index is 263. The topological polar surface area (TPSA) is 35.2 Å². The summed E-state index contributed by atoms with van der Waals surface area (Å²) >= 11 is 5.90. The van der Waals surface area contributed by atoms with E-state index in [1.165, 1.54) is 0 Å². The first-order valence-electron chi connectivity index (χ1n) is 3.81. The Hall–Kier alpha value is -0.730. The minimum absolute atomic E-state index is 0.608. The van der Waals surface area contributed by atoms with Gasteiger partial charge in [-0.05, 0) is 24.6 Å². The van der Waals surface area contributed by atoms with Crippen LogP contribution in [0.4, 0.5) is 0 Å². The van der Waals surface area contributed by atoms with Gasteiger partial charge in [0.15, 0.2) is 0 Å². The zero-order valence-corrected chi connectivity index (χ0v) is 7.77. The van der Waals surface area contributed by atoms with Crippen molar-refractivity contribution in [1.82, 2.24) is 0 Å². The lowest BCUT2D eigenvalue weighted by molar-refractivity contribution is 0.410. The first-order chi connectivity index (χ1) is 5.79. The Kier molecular flexibility index (Phi) is 3.38. The van der Waals surface area contributed by atoms with E-state index in [9.17, 15) is 0 Å². The summed E-state index contributed by atoms with van der Waals surface area (Å²) in [6.45, 7) is 0.608. The number of rotatable bonds is 3. The highest BCUT2D eigenvalue weighted by molar-refractivity contribution is 6.32. The number of methoxy groups -OCH3 is 1. The lowest BCUT2D eigenvalue weighted by atomic mass is 10.1. The zero-order valence-electron chi connectivity index (χ0n) is 7.01. The number of para-hydroxylation sites is 1. The third-order valence-corrected chi connectivity index (χ3v) is 1.96. The molecule has 0 saturated carbocycles. The Morgan fingerprint density at radius 2 is 2.25 bits per heavy atom. The van der Waals surface area contributed by atoms with Gasteiger partial charge in [0.25, 0.3) is 0 Å². The van der Waals surface area contributed by atoms with Gasteiger partial charge in [-0.1, -0.05) is 23.7 Å². The van der Waals surface area contributed by atoms with Crippen LogP contribution in [-0.2, 0) is 6.42 Å². The van der Waals surface area contributed by atoms with E-state index in [2.05, 4.69) is 0 Å². The molecular formula is C9H12ClNO. The fourth-order valence-corrected chi connectivity index (χ4v) is 1.41. The van der Waals surface area contributed by atoms with Crippen molar-refractivity contribution in [3.8, 4) is 5.75 Å². The molecule has 0 aliphatic rings. The van der Waals surface area contributed by atoms with Gasteiger partial charge in [-0.15, -0.1) is 0 Å². The van der Waals surface area contributed by atoms with Gasteiger partial charge in [0.2, 0.25) is 0 Å². The Labute approximate surface area is 77.3 Å². The highest BCUT2D eigenvalue weighted by atomic mass is 35.5. The number of ether oxygens (including phenoxy) is 1. The predicted molar refractivity (Wildman–Crippen MR) is 50.8 cm³/mol. The molecule has 0 bridgehead atoms. The fraction of sp³-hybridized carbons (Fsp3) is 0.333. The molecule has 0 aliphatic heterocycles. The second-order valence-electron chi connectivity index (χ2n) is 2.47. The average Bonchev–Trinajstić information content (AvgIpc) is 2.05. The fourth-order valence-electron chi connectivity index (χ4n) is 1.13. The smallest absolute Gasteiger partial charge is 0.140 e. The summed E-state index contributed by atoms with van der Waals surface area (Å²) in [5.41, 5.74) is 6.50. The number of hydrogen-bond acceptors (Lipinski definition) is 2. The largest absolute Gasteiger partial charge is 0.495 e. The van der Waals surface area contributed by atoms with Crippen molar-refractivity contribution < 1.29 is 4.74 Å². The van der Waals surface area contributed by atoms with Crippen molar-refractivity contribution in [2.75, 3.05) is 13.7 Å². The van der Waals surface area contributed by atoms with Gasteiger partial charge in [-0.25, -0.2) is 0 Å². The lowest BCUT2D eigenvalue weighted by Gasteiger charge is -2.08. The van der Waals surface area contributed by atoms with Crippen LogP contribution >= 0.6 is 11.6 Å². The highest BCUT2D eigenvalue weighted by Gasteiger charge is 2.04. The molecule has 66 valence electrons. The average molecular weight is 186 g/mol. The zero-order chi connectivity index (χ0) is 8.97. The van der Waals surface area contributed by atoms with E-state index in [0.29, 0.717) is 11.6 Å². The minimum Gasteiger partial charge on any atom is -0.495 e. The Morgan fingerprint density at radius 3 is 2.83 bits per heavy atom. The van der Waals surface area contributed by atoms with Crippen molar-refractivity contribution in [2.24, 2.45) is 5.73 Å². The second-order valence-corrected chi connectivity index (χ2v) is 2.88. The van der Waals surface area contributed by atoms with Crippen LogP contribution in [0.1, 0.15) is 5.56 Å². The van der Waals surface area contributed by atoms with Crippen molar-refractivity contribution in [1.29, 1.82) is 0 Å². The van der Waals surface area contributed by atoms with Crippen LogP contribution in [-0.4, -0.2) is 13.7 Å². The molecule has 1 aromatic carbocycles. The van der Waals surface area contributed by atoms with Gasteiger partial charge in [-0.2, -0.15) is 0 Å². The Balaban J connectivity index is 3.00. The van der Waals surface area contributed by atoms with Crippen molar-refractivity contribution >= 4 is 11.6 Å². The van der Waals surface area contributed by atoms with E-state index in [1.54, 1.807) is 13.2 Å². The molecule has 12 heavy (non-hydrogen) atoms. The van der Waals surface area contributed by atoms with Gasteiger partial charge < -0.3 is 10.5 Å². The van der Waals surface area contributed by atoms with E-state index in [-0.39, 0.29) is 0 Å². The number of halogens is 1. The van der Waals surface area contributed by atoms with E-state index >= 15 is 0 Å². The van der Waals surface area contributed by atoms with Gasteiger partial charge >= 0.3 is 0 Å². The highest BCUT2D eigenvalue weighted by Crippen LogP contribution is 2.28. The summed E-state index contributed by atoms with van der Waals surface area (Å²) in [5.74, 6) is 0.740. The van der Waals surface area contributed by atoms with E-state index in [4.69, 9.17) is 22.1 Å². The summed E-state index contributed by atoms with van der Waals surface area (Å²) in [5, 5.41) is 0.642. The quantitative estimate of drug-likeness (QED) is 0.780. The monoisotopic (exact) mass is 185 g/mol. The number of nitrogens with two attached hydrogens (primary N) is 1. The van der Waals surface area contributed by atoms with Gasteiger partial charge in [0.1, 0.15) is 5.75 Å². The van der Waals surface area contributed by atoms with E-state index in [0.717, 1.165) is 17.7 Å². The molecule has 0 radical (unpaired) electrons. The van der Waals surface area contributed by atoms with Crippen LogP contribution in [0.25, 0.3) is 0 Å². The van der Waals surface area contributed by atoms with Gasteiger partial charge in [0.05, 0.1) is 12.1 Å². The molecule has 0 spiro atoms. The maximum absolute atomic E-state index is 5.90. The van der Waals surface area contributed by atoms with Gasteiger partial charge in [0, 0.05) is 0 Å². The molecular weight excluding hydrogens is 174 g/mol. The van der Waals surface area contributed by atoms with Crippen LogP contribution in [0.15, 0.2) is 18.2 Å². The molecule has 0 fully saturated rings. The maximum Gasteiger partial charge on any atom is 0.140 e. The van der Waals surface area contributed by atoms with Crippen LogP contribution < -0.4 is 10.5 Å². The van der Waals surface area contributed by atoms with Crippen molar-refractivity contribution in [2.45, 2.75) is 6.42 Å². The molecule has 0 heterocycles. The minimum atomic E-state index is 0.608. The molecule has 0 aromatic heterocycles. The molecule has 3 heteroatoms. The SMILES string of the molecule is COc1c(Cl)cccc1CCN. The third-order valence-electron chi connectivity index (χ3n) is 1.67. The standard InChI is InChI=1S/C9H12ClNO/c1-12-9-7(5-6-11)3-2-4-8(9)10/h2-4H,5-6,11H2,1H3. The molecule has 2 nitrogen and oxygen atoms in total. The second kappa shape index (κ2) is 4.33. The summed E-state index contributed by atoms with van der Waals surface area (Å²) in [7, 11) is 1.61. The first kappa shape index (κ1) is 9.36. The van der Waals surface area contributed by atoms with Crippen molar-refractivity contribution in [3.05, 3.63) is 28.8 Å².